The van der Waals surface area contributed by atoms with Crippen LogP contribution in [0.5, 0.6) is 0 Å². The van der Waals surface area contributed by atoms with Gasteiger partial charge in [-0.15, -0.1) is 5.01 Å². The lowest BCUT2D eigenvalue weighted by atomic mass is 10.1. The van der Waals surface area contributed by atoms with E-state index < -0.39 is 17.1 Å². The van der Waals surface area contributed by atoms with E-state index in [-0.39, 0.29) is 5.84 Å². The third kappa shape index (κ3) is 2.86. The van der Waals surface area contributed by atoms with Crippen molar-refractivity contribution in [1.82, 2.24) is 5.32 Å². The lowest BCUT2D eigenvalue weighted by Crippen LogP contribution is -2.47. The number of nitrogens with one attached hydrogen (secondary N) is 1. The van der Waals surface area contributed by atoms with E-state index in [0.29, 0.717) is 11.5 Å². The Hall–Kier alpha value is -3.39. The second-order valence-corrected chi connectivity index (χ2v) is 5.93. The number of hydrazone groups is 1. The van der Waals surface area contributed by atoms with Crippen molar-refractivity contribution in [2.75, 3.05) is 5.01 Å². The molecule has 26 heavy (non-hydrogen) atoms. The molecular formula is C18H16N4O4. The topological polar surface area (TPSA) is 97.0 Å². The van der Waals surface area contributed by atoms with Crippen LogP contribution in [0.3, 0.4) is 0 Å². The van der Waals surface area contributed by atoms with Crippen LogP contribution < -0.4 is 10.3 Å². The summed E-state index contributed by atoms with van der Waals surface area (Å²) in [4.78, 5) is 11.1. The second-order valence-electron chi connectivity index (χ2n) is 5.93. The zero-order chi connectivity index (χ0) is 18.1. The third-order valence-electron chi connectivity index (χ3n) is 4.13. The summed E-state index contributed by atoms with van der Waals surface area (Å²) in [7, 11) is 0. The highest BCUT2D eigenvalue weighted by Crippen LogP contribution is 2.34. The smallest absolute Gasteiger partial charge is 0.389 e. The van der Waals surface area contributed by atoms with Crippen LogP contribution in [0.2, 0.25) is 0 Å². The van der Waals surface area contributed by atoms with E-state index >= 15 is 0 Å². The maximum atomic E-state index is 11.6. The van der Waals surface area contributed by atoms with Crippen LogP contribution in [0.25, 0.3) is 0 Å². The van der Waals surface area contributed by atoms with Crippen LogP contribution in [0.15, 0.2) is 75.0 Å². The van der Waals surface area contributed by atoms with E-state index in [1.807, 2.05) is 31.2 Å². The number of nitro groups is 1. The number of hydrogen-bond acceptors (Lipinski definition) is 7. The summed E-state index contributed by atoms with van der Waals surface area (Å²) in [5.74, 6) is 0.763. The largest absolute Gasteiger partial charge is 0.467 e. The van der Waals surface area contributed by atoms with Crippen molar-refractivity contribution in [2.45, 2.75) is 19.1 Å². The standard InChI is InChI=1S/C18H16N4O4/c1-12-5-2-6-13(11-12)21-17(15-8-4-10-26-15)19-16(14-7-3-9-25-14)18(20-21)22(23)24/h2-11,16-17,19H,1H3. The van der Waals surface area contributed by atoms with Crippen molar-refractivity contribution in [1.29, 1.82) is 0 Å². The molecule has 1 aromatic carbocycles. The maximum absolute atomic E-state index is 11.6. The van der Waals surface area contributed by atoms with E-state index in [4.69, 9.17) is 8.83 Å². The highest BCUT2D eigenvalue weighted by Gasteiger charge is 2.43. The Bertz CT molecular complexity index is 934. The Morgan fingerprint density at radius 1 is 1.12 bits per heavy atom. The van der Waals surface area contributed by atoms with Gasteiger partial charge in [0.25, 0.3) is 0 Å². The molecule has 1 N–H and O–H groups in total. The van der Waals surface area contributed by atoms with Crippen molar-refractivity contribution in [2.24, 2.45) is 5.10 Å². The number of furan rings is 2. The molecule has 0 amide bonds. The Labute approximate surface area is 148 Å². The van der Waals surface area contributed by atoms with Gasteiger partial charge < -0.3 is 18.9 Å². The lowest BCUT2D eigenvalue weighted by Gasteiger charge is -2.31. The fourth-order valence-corrected chi connectivity index (χ4v) is 2.96. The Kier molecular flexibility index (Phi) is 4.02. The van der Waals surface area contributed by atoms with Crippen LogP contribution in [0.1, 0.15) is 29.3 Å². The van der Waals surface area contributed by atoms with Gasteiger partial charge in [-0.3, -0.25) is 5.32 Å². The zero-order valence-corrected chi connectivity index (χ0v) is 13.9. The van der Waals surface area contributed by atoms with Crippen molar-refractivity contribution in [3.8, 4) is 0 Å². The summed E-state index contributed by atoms with van der Waals surface area (Å²) >= 11 is 0. The average molecular weight is 352 g/mol. The van der Waals surface area contributed by atoms with Crippen molar-refractivity contribution >= 4 is 11.5 Å². The summed E-state index contributed by atoms with van der Waals surface area (Å²) in [6.45, 7) is 1.95. The minimum Gasteiger partial charge on any atom is -0.467 e. The quantitative estimate of drug-likeness (QED) is 0.571. The molecule has 132 valence electrons. The minimum atomic E-state index is -0.795. The van der Waals surface area contributed by atoms with Gasteiger partial charge in [0.05, 0.1) is 23.3 Å². The molecule has 0 saturated carbocycles. The predicted molar refractivity (Wildman–Crippen MR) is 94.1 cm³/mol. The first-order valence-electron chi connectivity index (χ1n) is 8.05. The van der Waals surface area contributed by atoms with E-state index in [2.05, 4.69) is 10.4 Å². The molecule has 3 aromatic rings. The van der Waals surface area contributed by atoms with Gasteiger partial charge in [-0.2, -0.15) is 0 Å². The first kappa shape index (κ1) is 16.1. The monoisotopic (exact) mass is 352 g/mol. The molecule has 8 heteroatoms. The molecule has 3 heterocycles. The van der Waals surface area contributed by atoms with Gasteiger partial charge >= 0.3 is 5.84 Å². The molecule has 2 aromatic heterocycles. The van der Waals surface area contributed by atoms with Crippen LogP contribution in [-0.2, 0) is 0 Å². The molecule has 2 atom stereocenters. The van der Waals surface area contributed by atoms with Crippen molar-refractivity contribution in [3.05, 3.63) is 88.3 Å². The van der Waals surface area contributed by atoms with Crippen LogP contribution in [0, 0.1) is 17.0 Å². The molecular weight excluding hydrogens is 336 g/mol. The Morgan fingerprint density at radius 2 is 1.85 bits per heavy atom. The maximum Gasteiger partial charge on any atom is 0.389 e. The number of rotatable bonds is 3. The number of hydrogen-bond donors (Lipinski definition) is 1. The molecule has 8 nitrogen and oxygen atoms in total. The molecule has 1 aliphatic heterocycles. The van der Waals surface area contributed by atoms with Crippen LogP contribution >= 0.6 is 0 Å². The molecule has 4 rings (SSSR count). The first-order chi connectivity index (χ1) is 12.6. The van der Waals surface area contributed by atoms with Gasteiger partial charge in [0.2, 0.25) is 0 Å². The summed E-state index contributed by atoms with van der Waals surface area (Å²) in [5, 5.41) is 20.8. The van der Waals surface area contributed by atoms with E-state index in [9.17, 15) is 10.1 Å². The van der Waals surface area contributed by atoms with Gasteiger partial charge in [0, 0.05) is 0 Å². The minimum absolute atomic E-state index is 0.246. The van der Waals surface area contributed by atoms with E-state index in [1.165, 1.54) is 6.26 Å². The lowest BCUT2D eigenvalue weighted by molar-refractivity contribution is -0.356. The van der Waals surface area contributed by atoms with Gasteiger partial charge in [-0.25, -0.2) is 0 Å². The second kappa shape index (κ2) is 6.49. The summed E-state index contributed by atoms with van der Waals surface area (Å²) in [6.07, 6.45) is 2.51. The summed E-state index contributed by atoms with van der Waals surface area (Å²) in [5.41, 5.74) is 1.74. The molecule has 0 aliphatic carbocycles. The first-order valence-corrected chi connectivity index (χ1v) is 8.05. The number of anilines is 1. The number of aryl methyl sites for hydroxylation is 1. The fraction of sp³-hybridized carbons (Fsp3) is 0.167. The highest BCUT2D eigenvalue weighted by molar-refractivity contribution is 5.83. The Balaban J connectivity index is 1.84. The molecule has 0 spiro atoms. The van der Waals surface area contributed by atoms with Crippen molar-refractivity contribution < 1.29 is 13.8 Å². The normalized spacial score (nSPS) is 20.0. The van der Waals surface area contributed by atoms with Crippen LogP contribution in [-0.4, -0.2) is 10.8 Å². The molecule has 0 fully saturated rings. The van der Waals surface area contributed by atoms with Gasteiger partial charge in [-0.05, 0) is 53.8 Å². The van der Waals surface area contributed by atoms with Crippen LogP contribution in [0.4, 0.5) is 5.69 Å². The van der Waals surface area contributed by atoms with Gasteiger partial charge in [0.1, 0.15) is 11.5 Å². The molecule has 0 bridgehead atoms. The average Bonchev–Trinajstić information content (AvgIpc) is 3.34. The number of nitrogens with zero attached hydrogens (tertiary/aromatic N) is 3. The van der Waals surface area contributed by atoms with Gasteiger partial charge in [0.15, 0.2) is 12.2 Å². The third-order valence-corrected chi connectivity index (χ3v) is 4.13. The summed E-state index contributed by atoms with van der Waals surface area (Å²) in [6, 6.07) is 13.7. The SMILES string of the molecule is Cc1cccc(N2N=C([N+](=O)[O-])C(c3ccco3)NC2c2ccco2)c1. The highest BCUT2D eigenvalue weighted by atomic mass is 16.6. The van der Waals surface area contributed by atoms with Crippen molar-refractivity contribution in [3.63, 3.8) is 0 Å². The molecule has 0 radical (unpaired) electrons. The van der Waals surface area contributed by atoms with E-state index in [0.717, 1.165) is 11.3 Å². The zero-order valence-electron chi connectivity index (χ0n) is 13.9. The molecule has 1 aliphatic rings. The predicted octanol–water partition coefficient (Wildman–Crippen LogP) is 3.62. The summed E-state index contributed by atoms with van der Waals surface area (Å²) < 4.78 is 10.9. The number of benzene rings is 1. The van der Waals surface area contributed by atoms with Gasteiger partial charge in [-0.1, -0.05) is 12.1 Å². The molecule has 2 unspecified atom stereocenters. The number of amidine groups is 1. The Morgan fingerprint density at radius 3 is 2.46 bits per heavy atom. The van der Waals surface area contributed by atoms with E-state index in [1.54, 1.807) is 35.5 Å². The molecule has 0 saturated heterocycles. The fourth-order valence-electron chi connectivity index (χ4n) is 2.96.